The van der Waals surface area contributed by atoms with Crippen LogP contribution in [0.25, 0.3) is 16.8 Å². The maximum atomic E-state index is 6.19. The summed E-state index contributed by atoms with van der Waals surface area (Å²) in [6.45, 7) is 0. The second-order valence-electron chi connectivity index (χ2n) is 4.49. The minimum atomic E-state index is 0.510. The van der Waals surface area contributed by atoms with E-state index in [0.29, 0.717) is 26.6 Å². The van der Waals surface area contributed by atoms with Crippen LogP contribution >= 0.6 is 34.8 Å². The summed E-state index contributed by atoms with van der Waals surface area (Å²) >= 11 is 17.9. The zero-order valence-electron chi connectivity index (χ0n) is 10.7. The summed E-state index contributed by atoms with van der Waals surface area (Å²) in [5.74, 6) is 0.510. The van der Waals surface area contributed by atoms with E-state index in [9.17, 15) is 0 Å². The third-order valence-corrected chi connectivity index (χ3v) is 3.74. The molecule has 3 rings (SSSR count). The van der Waals surface area contributed by atoms with Gasteiger partial charge in [0.1, 0.15) is 5.82 Å². The first kappa shape index (κ1) is 14.3. The van der Waals surface area contributed by atoms with Crippen molar-refractivity contribution in [2.45, 2.75) is 0 Å². The lowest BCUT2D eigenvalue weighted by Crippen LogP contribution is -2.02. The van der Waals surface area contributed by atoms with Crippen molar-refractivity contribution < 1.29 is 0 Å². The van der Waals surface area contributed by atoms with Gasteiger partial charge in [-0.2, -0.15) is 5.10 Å². The van der Waals surface area contributed by atoms with Crippen LogP contribution in [0.1, 0.15) is 0 Å². The fourth-order valence-electron chi connectivity index (χ4n) is 2.08. The first-order valence-electron chi connectivity index (χ1n) is 6.10. The number of halogens is 3. The molecule has 0 saturated heterocycles. The van der Waals surface area contributed by atoms with Crippen LogP contribution in [0.5, 0.6) is 0 Å². The van der Waals surface area contributed by atoms with Crippen LogP contribution in [-0.4, -0.2) is 9.78 Å². The Balaban J connectivity index is 2.08. The quantitative estimate of drug-likeness (QED) is 0.708. The molecule has 21 heavy (non-hydrogen) atoms. The highest BCUT2D eigenvalue weighted by molar-refractivity contribution is 6.34. The number of aromatic nitrogens is 2. The summed E-state index contributed by atoms with van der Waals surface area (Å²) in [7, 11) is 0. The van der Waals surface area contributed by atoms with Crippen LogP contribution in [0, 0.1) is 0 Å². The van der Waals surface area contributed by atoms with Crippen LogP contribution < -0.4 is 5.73 Å². The highest BCUT2D eigenvalue weighted by Gasteiger charge is 2.12. The van der Waals surface area contributed by atoms with Gasteiger partial charge in [0, 0.05) is 20.6 Å². The first-order chi connectivity index (χ1) is 10.0. The van der Waals surface area contributed by atoms with E-state index >= 15 is 0 Å². The molecule has 0 atom stereocenters. The highest BCUT2D eigenvalue weighted by Crippen LogP contribution is 2.30. The lowest BCUT2D eigenvalue weighted by atomic mass is 10.1. The summed E-state index contributed by atoms with van der Waals surface area (Å²) in [5, 5.41) is 6.04. The topological polar surface area (TPSA) is 43.8 Å². The predicted octanol–water partition coefficient (Wildman–Crippen LogP) is 5.08. The molecule has 1 aromatic heterocycles. The van der Waals surface area contributed by atoms with Gasteiger partial charge in [-0.05, 0) is 35.9 Å². The smallest absolute Gasteiger partial charge is 0.135 e. The molecule has 0 saturated carbocycles. The molecular weight excluding hydrogens is 329 g/mol. The third-order valence-electron chi connectivity index (χ3n) is 3.05. The number of nitrogen functional groups attached to an aromatic ring is 1. The zero-order valence-corrected chi connectivity index (χ0v) is 13.0. The summed E-state index contributed by atoms with van der Waals surface area (Å²) in [6, 6.07) is 12.6. The summed E-state index contributed by atoms with van der Waals surface area (Å²) in [5.41, 5.74) is 8.66. The van der Waals surface area contributed by atoms with Crippen molar-refractivity contribution in [3.8, 4) is 16.8 Å². The highest BCUT2D eigenvalue weighted by atomic mass is 35.5. The van der Waals surface area contributed by atoms with Crippen LogP contribution in [0.15, 0.2) is 48.7 Å². The third kappa shape index (κ3) is 2.86. The number of rotatable bonds is 2. The summed E-state index contributed by atoms with van der Waals surface area (Å²) in [4.78, 5) is 0. The largest absolute Gasteiger partial charge is 0.383 e. The Morgan fingerprint density at radius 1 is 0.857 bits per heavy atom. The van der Waals surface area contributed by atoms with Crippen molar-refractivity contribution >= 4 is 40.6 Å². The lowest BCUT2D eigenvalue weighted by Gasteiger charge is -2.07. The Morgan fingerprint density at radius 2 is 1.48 bits per heavy atom. The van der Waals surface area contributed by atoms with Gasteiger partial charge in [0.15, 0.2) is 0 Å². The zero-order chi connectivity index (χ0) is 15.0. The molecular formula is C15H10Cl3N3. The lowest BCUT2D eigenvalue weighted by molar-refractivity contribution is 0.891. The minimum absolute atomic E-state index is 0.510. The van der Waals surface area contributed by atoms with Crippen LogP contribution in [0.3, 0.4) is 0 Å². The Labute approximate surface area is 136 Å². The Kier molecular flexibility index (Phi) is 3.81. The fourth-order valence-corrected chi connectivity index (χ4v) is 2.72. The van der Waals surface area contributed by atoms with Crippen molar-refractivity contribution in [3.05, 3.63) is 63.7 Å². The van der Waals surface area contributed by atoms with Crippen LogP contribution in [-0.2, 0) is 0 Å². The van der Waals surface area contributed by atoms with E-state index < -0.39 is 0 Å². The number of nitrogens with two attached hydrogens (primary N) is 1. The maximum Gasteiger partial charge on any atom is 0.135 e. The van der Waals surface area contributed by atoms with Gasteiger partial charge < -0.3 is 5.73 Å². The van der Waals surface area contributed by atoms with Gasteiger partial charge in [0.05, 0.1) is 11.9 Å². The van der Waals surface area contributed by atoms with Crippen molar-refractivity contribution in [1.82, 2.24) is 9.78 Å². The average Bonchev–Trinajstić information content (AvgIpc) is 2.80. The Morgan fingerprint density at radius 3 is 2.10 bits per heavy atom. The first-order valence-corrected chi connectivity index (χ1v) is 7.24. The molecule has 0 aliphatic heterocycles. The van der Waals surface area contributed by atoms with Crippen LogP contribution in [0.2, 0.25) is 15.1 Å². The van der Waals surface area contributed by atoms with E-state index in [1.165, 1.54) is 0 Å². The monoisotopic (exact) mass is 337 g/mol. The van der Waals surface area contributed by atoms with Gasteiger partial charge in [0.25, 0.3) is 0 Å². The molecule has 2 aromatic carbocycles. The van der Waals surface area contributed by atoms with E-state index in [1.54, 1.807) is 29.1 Å². The van der Waals surface area contributed by atoms with Gasteiger partial charge in [-0.3, -0.25) is 0 Å². The molecule has 0 aliphatic carbocycles. The number of nitrogens with zero attached hydrogens (tertiary/aromatic N) is 2. The van der Waals surface area contributed by atoms with Crippen molar-refractivity contribution in [2.75, 3.05) is 5.73 Å². The second kappa shape index (κ2) is 5.60. The van der Waals surface area contributed by atoms with Gasteiger partial charge >= 0.3 is 0 Å². The van der Waals surface area contributed by atoms with Gasteiger partial charge in [-0.25, -0.2) is 4.68 Å². The van der Waals surface area contributed by atoms with Crippen LogP contribution in [0.4, 0.5) is 5.82 Å². The molecule has 0 fully saturated rings. The second-order valence-corrected chi connectivity index (χ2v) is 5.80. The molecule has 3 nitrogen and oxygen atoms in total. The summed E-state index contributed by atoms with van der Waals surface area (Å²) < 4.78 is 1.60. The summed E-state index contributed by atoms with van der Waals surface area (Å²) in [6.07, 6.45) is 1.70. The molecule has 1 heterocycles. The number of hydrogen-bond acceptors (Lipinski definition) is 2. The van der Waals surface area contributed by atoms with Crippen molar-refractivity contribution in [3.63, 3.8) is 0 Å². The Hall–Kier alpha value is -1.68. The standard InChI is InChI=1S/C15H10Cl3N3/c16-10-3-1-9(2-4-10)14-8-20-21(15(14)19)13-6-11(17)5-12(18)7-13/h1-8H,19H2. The van der Waals surface area contributed by atoms with Gasteiger partial charge in [-0.1, -0.05) is 46.9 Å². The number of benzene rings is 2. The SMILES string of the molecule is Nc1c(-c2ccc(Cl)cc2)cnn1-c1cc(Cl)cc(Cl)c1. The molecule has 0 bridgehead atoms. The average molecular weight is 339 g/mol. The van der Waals surface area contributed by atoms with Gasteiger partial charge in [0.2, 0.25) is 0 Å². The van der Waals surface area contributed by atoms with Crippen molar-refractivity contribution in [2.24, 2.45) is 0 Å². The molecule has 0 unspecified atom stereocenters. The van der Waals surface area contributed by atoms with E-state index in [1.807, 2.05) is 24.3 Å². The Bertz CT molecular complexity index is 774. The maximum absolute atomic E-state index is 6.19. The fraction of sp³-hybridized carbons (Fsp3) is 0. The predicted molar refractivity (Wildman–Crippen MR) is 88.4 cm³/mol. The molecule has 3 aromatic rings. The molecule has 0 amide bonds. The number of hydrogen-bond donors (Lipinski definition) is 1. The van der Waals surface area contributed by atoms with Crippen molar-refractivity contribution in [1.29, 1.82) is 0 Å². The number of anilines is 1. The van der Waals surface area contributed by atoms with E-state index in [0.717, 1.165) is 11.1 Å². The molecule has 2 N–H and O–H groups in total. The molecule has 6 heteroatoms. The van der Waals surface area contributed by atoms with E-state index in [2.05, 4.69) is 5.10 Å². The molecule has 0 aliphatic rings. The van der Waals surface area contributed by atoms with E-state index in [4.69, 9.17) is 40.5 Å². The molecule has 0 spiro atoms. The molecule has 106 valence electrons. The van der Waals surface area contributed by atoms with E-state index in [-0.39, 0.29) is 0 Å². The normalized spacial score (nSPS) is 10.8. The molecule has 0 radical (unpaired) electrons. The minimum Gasteiger partial charge on any atom is -0.383 e. The van der Waals surface area contributed by atoms with Gasteiger partial charge in [-0.15, -0.1) is 0 Å².